The molecule has 3 heterocycles. The van der Waals surface area contributed by atoms with E-state index in [2.05, 4.69) is 51.5 Å². The van der Waals surface area contributed by atoms with Crippen molar-refractivity contribution in [3.05, 3.63) is 50.6 Å². The van der Waals surface area contributed by atoms with Gasteiger partial charge >= 0.3 is 0 Å². The summed E-state index contributed by atoms with van der Waals surface area (Å²) in [5.74, 6) is 0.237. The molecular formula is C22H23N5O2S3. The lowest BCUT2D eigenvalue weighted by atomic mass is 9.99. The Morgan fingerprint density at radius 1 is 1.19 bits per heavy atom. The molecule has 0 aliphatic rings. The van der Waals surface area contributed by atoms with E-state index in [1.54, 1.807) is 6.92 Å². The number of hydrogen-bond acceptors (Lipinski definition) is 8. The molecule has 1 unspecified atom stereocenters. The Hall–Kier alpha value is -2.56. The second-order valence-electron chi connectivity index (χ2n) is 7.58. The van der Waals surface area contributed by atoms with Gasteiger partial charge in [0.15, 0.2) is 5.16 Å². The molecule has 32 heavy (non-hydrogen) atoms. The fourth-order valence-electron chi connectivity index (χ4n) is 3.12. The van der Waals surface area contributed by atoms with Crippen molar-refractivity contribution in [3.8, 4) is 11.1 Å². The molecule has 2 N–H and O–H groups in total. The summed E-state index contributed by atoms with van der Waals surface area (Å²) in [5, 5.41) is 14.6. The van der Waals surface area contributed by atoms with Gasteiger partial charge in [-0.1, -0.05) is 68.1 Å². The lowest BCUT2D eigenvalue weighted by molar-refractivity contribution is -0.115. The highest BCUT2D eigenvalue weighted by Gasteiger charge is 2.20. The molecule has 0 fully saturated rings. The molecule has 1 amide bonds. The molecule has 0 bridgehead atoms. The van der Waals surface area contributed by atoms with Gasteiger partial charge in [-0.15, -0.1) is 21.5 Å². The highest BCUT2D eigenvalue weighted by Crippen LogP contribution is 2.33. The van der Waals surface area contributed by atoms with Gasteiger partial charge in [-0.3, -0.25) is 14.9 Å². The fourth-order valence-corrected chi connectivity index (χ4v) is 5.60. The van der Waals surface area contributed by atoms with Crippen LogP contribution in [0.15, 0.2) is 39.6 Å². The van der Waals surface area contributed by atoms with Gasteiger partial charge in [0.25, 0.3) is 5.56 Å². The minimum absolute atomic E-state index is 0.203. The molecule has 4 aromatic rings. The number of thiophene rings is 1. The molecule has 10 heteroatoms. The molecule has 3 aromatic heterocycles. The Balaban J connectivity index is 1.53. The lowest BCUT2D eigenvalue weighted by Gasteiger charge is -2.09. The zero-order chi connectivity index (χ0) is 22.8. The summed E-state index contributed by atoms with van der Waals surface area (Å²) < 4.78 is 0. The molecule has 0 aliphatic heterocycles. The van der Waals surface area contributed by atoms with Crippen molar-refractivity contribution >= 4 is 55.7 Å². The summed E-state index contributed by atoms with van der Waals surface area (Å²) in [6, 6.07) is 8.28. The van der Waals surface area contributed by atoms with E-state index < -0.39 is 5.25 Å². The number of aromatic amines is 1. The first-order chi connectivity index (χ1) is 15.4. The van der Waals surface area contributed by atoms with Crippen molar-refractivity contribution in [3.63, 3.8) is 0 Å². The monoisotopic (exact) mass is 485 g/mol. The number of amides is 1. The molecule has 1 aromatic carbocycles. The minimum atomic E-state index is -0.465. The topological polar surface area (TPSA) is 101 Å². The van der Waals surface area contributed by atoms with Crippen molar-refractivity contribution in [2.45, 2.75) is 50.4 Å². The van der Waals surface area contributed by atoms with E-state index in [-0.39, 0.29) is 11.5 Å². The summed E-state index contributed by atoms with van der Waals surface area (Å²) in [6.45, 7) is 8.06. The van der Waals surface area contributed by atoms with Crippen LogP contribution in [0.2, 0.25) is 0 Å². The average molecular weight is 486 g/mol. The fraction of sp³-hybridized carbons (Fsp3) is 0.318. The van der Waals surface area contributed by atoms with Crippen LogP contribution in [0.1, 0.15) is 44.2 Å². The van der Waals surface area contributed by atoms with Crippen LogP contribution in [0.25, 0.3) is 21.3 Å². The number of carbonyl (C=O) groups excluding carboxylic acids is 1. The molecule has 0 radical (unpaired) electrons. The van der Waals surface area contributed by atoms with Crippen molar-refractivity contribution in [1.82, 2.24) is 20.2 Å². The van der Waals surface area contributed by atoms with Crippen LogP contribution in [-0.4, -0.2) is 31.3 Å². The van der Waals surface area contributed by atoms with E-state index in [0.29, 0.717) is 26.4 Å². The number of H-pyrrole nitrogens is 1. The maximum Gasteiger partial charge on any atom is 0.260 e. The number of fused-ring (bicyclic) bond motifs is 1. The quantitative estimate of drug-likeness (QED) is 0.272. The van der Waals surface area contributed by atoms with Gasteiger partial charge in [-0.05, 0) is 30.4 Å². The SMILES string of the molecule is CCc1nnc(NC(=O)C(C)Sc2nc3scc(-c4ccc(C(C)C)cc4)c3c(=O)[nH]2)s1. The predicted molar refractivity (Wildman–Crippen MR) is 133 cm³/mol. The van der Waals surface area contributed by atoms with Crippen molar-refractivity contribution in [2.24, 2.45) is 0 Å². The molecule has 0 saturated heterocycles. The van der Waals surface area contributed by atoms with Crippen molar-refractivity contribution < 1.29 is 4.79 Å². The maximum absolute atomic E-state index is 12.9. The first kappa shape index (κ1) is 22.6. The summed E-state index contributed by atoms with van der Waals surface area (Å²) in [4.78, 5) is 33.5. The Labute approximate surface area is 197 Å². The van der Waals surface area contributed by atoms with Crippen LogP contribution >= 0.6 is 34.4 Å². The third-order valence-corrected chi connectivity index (χ3v) is 7.81. The van der Waals surface area contributed by atoms with E-state index >= 15 is 0 Å². The number of nitrogens with zero attached hydrogens (tertiary/aromatic N) is 3. The Kier molecular flexibility index (Phi) is 6.73. The highest BCUT2D eigenvalue weighted by molar-refractivity contribution is 8.00. The first-order valence-corrected chi connectivity index (χ1v) is 12.8. The number of carbonyl (C=O) groups is 1. The van der Waals surface area contributed by atoms with Crippen LogP contribution in [-0.2, 0) is 11.2 Å². The van der Waals surface area contributed by atoms with Gasteiger partial charge in [0.2, 0.25) is 11.0 Å². The molecule has 4 rings (SSSR count). The van der Waals surface area contributed by atoms with Gasteiger partial charge < -0.3 is 4.98 Å². The van der Waals surface area contributed by atoms with E-state index in [1.807, 2.05) is 24.4 Å². The van der Waals surface area contributed by atoms with Crippen LogP contribution in [0.3, 0.4) is 0 Å². The predicted octanol–water partition coefficient (Wildman–Crippen LogP) is 5.31. The number of aromatic nitrogens is 4. The van der Waals surface area contributed by atoms with Crippen LogP contribution in [0, 0.1) is 0 Å². The Bertz CT molecular complexity index is 1310. The van der Waals surface area contributed by atoms with E-state index in [1.165, 1.54) is 40.0 Å². The second kappa shape index (κ2) is 9.51. The second-order valence-corrected chi connectivity index (χ2v) is 10.8. The number of benzene rings is 1. The number of thioether (sulfide) groups is 1. The van der Waals surface area contributed by atoms with Crippen LogP contribution < -0.4 is 10.9 Å². The van der Waals surface area contributed by atoms with Gasteiger partial charge in [0.1, 0.15) is 9.84 Å². The summed E-state index contributed by atoms with van der Waals surface area (Å²) in [6.07, 6.45) is 0.772. The number of rotatable bonds is 7. The minimum Gasteiger partial charge on any atom is -0.301 e. The van der Waals surface area contributed by atoms with Gasteiger partial charge in [-0.25, -0.2) is 4.98 Å². The van der Waals surface area contributed by atoms with E-state index in [9.17, 15) is 9.59 Å². The standard InChI is InChI=1S/C22H23N5O2S3/c1-5-16-26-27-22(32-16)23-18(28)12(4)31-21-24-19(29)17-15(10-30-20(17)25-21)14-8-6-13(7-9-14)11(2)3/h6-12H,5H2,1-4H3,(H,23,27,28)(H,24,25,29). The number of nitrogens with one attached hydrogen (secondary N) is 2. The lowest BCUT2D eigenvalue weighted by Crippen LogP contribution is -2.23. The van der Waals surface area contributed by atoms with Crippen molar-refractivity contribution in [2.75, 3.05) is 5.32 Å². The zero-order valence-electron chi connectivity index (χ0n) is 18.1. The molecule has 1 atom stereocenters. The largest absolute Gasteiger partial charge is 0.301 e. The normalized spacial score (nSPS) is 12.4. The van der Waals surface area contributed by atoms with E-state index in [0.717, 1.165) is 22.6 Å². The Morgan fingerprint density at radius 2 is 1.94 bits per heavy atom. The molecule has 166 valence electrons. The molecule has 7 nitrogen and oxygen atoms in total. The summed E-state index contributed by atoms with van der Waals surface area (Å²) in [5.41, 5.74) is 2.92. The average Bonchev–Trinajstić information content (AvgIpc) is 3.40. The van der Waals surface area contributed by atoms with Crippen LogP contribution in [0.4, 0.5) is 5.13 Å². The third kappa shape index (κ3) is 4.77. The Morgan fingerprint density at radius 3 is 2.59 bits per heavy atom. The van der Waals surface area contributed by atoms with Gasteiger partial charge in [0, 0.05) is 10.9 Å². The first-order valence-electron chi connectivity index (χ1n) is 10.3. The summed E-state index contributed by atoms with van der Waals surface area (Å²) in [7, 11) is 0. The zero-order valence-corrected chi connectivity index (χ0v) is 20.6. The van der Waals surface area contributed by atoms with Gasteiger partial charge in [0.05, 0.1) is 10.6 Å². The smallest absolute Gasteiger partial charge is 0.260 e. The number of anilines is 1. The van der Waals surface area contributed by atoms with Crippen LogP contribution in [0.5, 0.6) is 0 Å². The van der Waals surface area contributed by atoms with E-state index in [4.69, 9.17) is 0 Å². The third-order valence-electron chi connectivity index (χ3n) is 4.97. The van der Waals surface area contributed by atoms with Gasteiger partial charge in [-0.2, -0.15) is 0 Å². The number of hydrogen-bond donors (Lipinski definition) is 2. The maximum atomic E-state index is 12.9. The molecule has 0 spiro atoms. The number of aryl methyl sites for hydroxylation is 1. The molecule has 0 saturated carbocycles. The highest BCUT2D eigenvalue weighted by atomic mass is 32.2. The molecule has 0 aliphatic carbocycles. The summed E-state index contributed by atoms with van der Waals surface area (Å²) >= 11 is 3.99. The van der Waals surface area contributed by atoms with Crippen molar-refractivity contribution in [1.29, 1.82) is 0 Å². The molecular weight excluding hydrogens is 462 g/mol.